The van der Waals surface area contributed by atoms with E-state index in [1.165, 1.54) is 6.07 Å². The molecule has 1 amide bonds. The highest BCUT2D eigenvalue weighted by molar-refractivity contribution is 9.10. The minimum atomic E-state index is -0.673. The second-order valence-corrected chi connectivity index (χ2v) is 2.98. The molecule has 12 heavy (non-hydrogen) atoms. The molecule has 0 saturated carbocycles. The van der Waals surface area contributed by atoms with Crippen molar-refractivity contribution in [2.24, 2.45) is 5.73 Å². The predicted octanol–water partition coefficient (Wildman–Crippen LogP) is 1.27. The van der Waals surface area contributed by atoms with Crippen LogP contribution in [0.15, 0.2) is 16.6 Å². The number of primary amides is 1. The summed E-state index contributed by atoms with van der Waals surface area (Å²) in [6.45, 7) is 0. The summed E-state index contributed by atoms with van der Waals surface area (Å²) in [5.41, 5.74) is 10.5. The first kappa shape index (κ1) is 8.99. The van der Waals surface area contributed by atoms with Crippen molar-refractivity contribution in [2.75, 3.05) is 5.73 Å². The van der Waals surface area contributed by atoms with Crippen LogP contribution in [-0.4, -0.2) is 5.91 Å². The van der Waals surface area contributed by atoms with Crippen LogP contribution in [0.5, 0.6) is 0 Å². The van der Waals surface area contributed by atoms with Crippen molar-refractivity contribution in [2.45, 2.75) is 0 Å². The van der Waals surface area contributed by atoms with E-state index in [1.54, 1.807) is 0 Å². The van der Waals surface area contributed by atoms with Crippen LogP contribution in [-0.2, 0) is 0 Å². The Bertz CT molecular complexity index is 340. The third-order valence-electron chi connectivity index (χ3n) is 1.40. The summed E-state index contributed by atoms with van der Waals surface area (Å²) >= 11 is 2.89. The van der Waals surface area contributed by atoms with Gasteiger partial charge in [-0.1, -0.05) is 0 Å². The van der Waals surface area contributed by atoms with E-state index in [4.69, 9.17) is 11.5 Å². The number of anilines is 1. The van der Waals surface area contributed by atoms with Gasteiger partial charge < -0.3 is 11.5 Å². The molecule has 0 aromatic heterocycles. The van der Waals surface area contributed by atoms with Gasteiger partial charge in [-0.3, -0.25) is 4.79 Å². The Labute approximate surface area is 76.7 Å². The van der Waals surface area contributed by atoms with Crippen LogP contribution < -0.4 is 11.5 Å². The molecule has 1 rings (SSSR count). The number of benzene rings is 1. The summed E-state index contributed by atoms with van der Waals surface area (Å²) in [6, 6.07) is 2.37. The zero-order valence-corrected chi connectivity index (χ0v) is 7.56. The minimum absolute atomic E-state index is 0.0301. The zero-order chi connectivity index (χ0) is 9.30. The van der Waals surface area contributed by atoms with E-state index < -0.39 is 11.7 Å². The van der Waals surface area contributed by atoms with Gasteiger partial charge in [-0.2, -0.15) is 0 Å². The number of nitrogens with two attached hydrogens (primary N) is 2. The van der Waals surface area contributed by atoms with E-state index in [2.05, 4.69) is 15.9 Å². The van der Waals surface area contributed by atoms with Crippen molar-refractivity contribution >= 4 is 27.5 Å². The average molecular weight is 233 g/mol. The molecule has 0 aliphatic carbocycles. The number of halogens is 2. The Hall–Kier alpha value is -1.10. The molecular weight excluding hydrogens is 227 g/mol. The lowest BCUT2D eigenvalue weighted by molar-refractivity contribution is 0.100. The largest absolute Gasteiger partial charge is 0.397 e. The van der Waals surface area contributed by atoms with Crippen molar-refractivity contribution in [1.29, 1.82) is 0 Å². The molecule has 0 spiro atoms. The summed E-state index contributed by atoms with van der Waals surface area (Å²) in [5, 5.41) is 0. The molecule has 5 heteroatoms. The molecule has 0 saturated heterocycles. The van der Waals surface area contributed by atoms with E-state index in [0.29, 0.717) is 0 Å². The maximum atomic E-state index is 12.7. The van der Waals surface area contributed by atoms with Crippen LogP contribution >= 0.6 is 15.9 Å². The van der Waals surface area contributed by atoms with Crippen LogP contribution in [0.2, 0.25) is 0 Å². The second kappa shape index (κ2) is 3.10. The first-order chi connectivity index (χ1) is 5.54. The molecule has 0 radical (unpaired) electrons. The van der Waals surface area contributed by atoms with Gasteiger partial charge in [-0.15, -0.1) is 0 Å². The second-order valence-electron chi connectivity index (χ2n) is 2.19. The lowest BCUT2D eigenvalue weighted by Crippen LogP contribution is -2.14. The molecule has 4 N–H and O–H groups in total. The average Bonchev–Trinajstić information content (AvgIpc) is 2.00. The van der Waals surface area contributed by atoms with Gasteiger partial charge in [0.2, 0.25) is 0 Å². The summed E-state index contributed by atoms with van der Waals surface area (Å²) in [5.74, 6) is -1.19. The van der Waals surface area contributed by atoms with E-state index in [0.717, 1.165) is 6.07 Å². The molecule has 0 unspecified atom stereocenters. The summed E-state index contributed by atoms with van der Waals surface area (Å²) in [4.78, 5) is 10.7. The number of carbonyl (C=O) groups is 1. The number of hydrogen-bond acceptors (Lipinski definition) is 2. The molecule has 1 aromatic rings. The van der Waals surface area contributed by atoms with E-state index in [-0.39, 0.29) is 15.7 Å². The maximum absolute atomic E-state index is 12.7. The number of carbonyl (C=O) groups excluding carboxylic acids is 1. The summed E-state index contributed by atoms with van der Waals surface area (Å²) in [6.07, 6.45) is 0. The SMILES string of the molecule is NC(=O)c1ccc(F)c(Br)c1N. The normalized spacial score (nSPS) is 9.83. The van der Waals surface area contributed by atoms with Gasteiger partial charge in [0.1, 0.15) is 5.82 Å². The monoisotopic (exact) mass is 232 g/mol. The lowest BCUT2D eigenvalue weighted by Gasteiger charge is -2.03. The zero-order valence-electron chi connectivity index (χ0n) is 5.97. The fourth-order valence-electron chi connectivity index (χ4n) is 0.781. The smallest absolute Gasteiger partial charge is 0.250 e. The number of hydrogen-bond donors (Lipinski definition) is 2. The van der Waals surface area contributed by atoms with Crippen LogP contribution in [0.4, 0.5) is 10.1 Å². The van der Waals surface area contributed by atoms with Gasteiger partial charge >= 0.3 is 0 Å². The molecule has 1 aromatic carbocycles. The minimum Gasteiger partial charge on any atom is -0.397 e. The van der Waals surface area contributed by atoms with E-state index in [9.17, 15) is 9.18 Å². The van der Waals surface area contributed by atoms with Crippen LogP contribution in [0, 0.1) is 5.82 Å². The Morgan fingerprint density at radius 2 is 2.08 bits per heavy atom. The summed E-state index contributed by atoms with van der Waals surface area (Å²) < 4.78 is 12.8. The van der Waals surface area contributed by atoms with Crippen molar-refractivity contribution < 1.29 is 9.18 Å². The van der Waals surface area contributed by atoms with Gasteiger partial charge in [0.15, 0.2) is 0 Å². The maximum Gasteiger partial charge on any atom is 0.250 e. The van der Waals surface area contributed by atoms with Crippen LogP contribution in [0.1, 0.15) is 10.4 Å². The molecule has 0 aliphatic heterocycles. The van der Waals surface area contributed by atoms with E-state index >= 15 is 0 Å². The molecular formula is C7H6BrFN2O. The number of rotatable bonds is 1. The Morgan fingerprint density at radius 3 is 2.58 bits per heavy atom. The first-order valence-electron chi connectivity index (χ1n) is 3.07. The molecule has 3 nitrogen and oxygen atoms in total. The fourth-order valence-corrected chi connectivity index (χ4v) is 1.13. The molecule has 0 atom stereocenters. The van der Waals surface area contributed by atoms with Crippen molar-refractivity contribution in [3.8, 4) is 0 Å². The highest BCUT2D eigenvalue weighted by atomic mass is 79.9. The fraction of sp³-hybridized carbons (Fsp3) is 0. The van der Waals surface area contributed by atoms with E-state index in [1.807, 2.05) is 0 Å². The highest BCUT2D eigenvalue weighted by Gasteiger charge is 2.11. The quantitative estimate of drug-likeness (QED) is 0.717. The third-order valence-corrected chi connectivity index (χ3v) is 2.20. The topological polar surface area (TPSA) is 69.1 Å². The van der Waals surface area contributed by atoms with Crippen molar-refractivity contribution in [3.05, 3.63) is 28.0 Å². The van der Waals surface area contributed by atoms with Crippen molar-refractivity contribution in [3.63, 3.8) is 0 Å². The Morgan fingerprint density at radius 1 is 1.50 bits per heavy atom. The standard InChI is InChI=1S/C7H6BrFN2O/c8-5-4(9)2-1-3(6(5)10)7(11)12/h1-2H,10H2,(H2,11,12). The van der Waals surface area contributed by atoms with Gasteiger partial charge in [0.25, 0.3) is 5.91 Å². The number of nitrogen functional groups attached to an aromatic ring is 1. The molecule has 0 heterocycles. The summed E-state index contributed by atoms with van der Waals surface area (Å²) in [7, 11) is 0. The van der Waals surface area contributed by atoms with Crippen molar-refractivity contribution in [1.82, 2.24) is 0 Å². The highest BCUT2D eigenvalue weighted by Crippen LogP contribution is 2.25. The Kier molecular flexibility index (Phi) is 2.32. The van der Waals surface area contributed by atoms with Gasteiger partial charge in [0, 0.05) is 0 Å². The molecule has 0 fully saturated rings. The Balaban J connectivity index is 3.36. The molecule has 0 bridgehead atoms. The molecule has 0 aliphatic rings. The predicted molar refractivity (Wildman–Crippen MR) is 47.0 cm³/mol. The first-order valence-corrected chi connectivity index (χ1v) is 3.86. The number of amides is 1. The van der Waals surface area contributed by atoms with Gasteiger partial charge in [-0.05, 0) is 28.1 Å². The van der Waals surface area contributed by atoms with Crippen LogP contribution in [0.25, 0.3) is 0 Å². The third kappa shape index (κ3) is 1.40. The molecule has 64 valence electrons. The lowest BCUT2D eigenvalue weighted by atomic mass is 10.2. The van der Waals surface area contributed by atoms with Crippen LogP contribution in [0.3, 0.4) is 0 Å². The van der Waals surface area contributed by atoms with Gasteiger partial charge in [-0.25, -0.2) is 4.39 Å². The van der Waals surface area contributed by atoms with Gasteiger partial charge in [0.05, 0.1) is 15.7 Å².